The highest BCUT2D eigenvalue weighted by Gasteiger charge is 2.28. The zero-order valence-electron chi connectivity index (χ0n) is 9.90. The van der Waals surface area contributed by atoms with Gasteiger partial charge in [0.15, 0.2) is 0 Å². The second-order valence-electron chi connectivity index (χ2n) is 4.08. The normalized spacial score (nSPS) is 14.6. The van der Waals surface area contributed by atoms with E-state index in [0.717, 1.165) is 16.1 Å². The predicted molar refractivity (Wildman–Crippen MR) is 63.3 cm³/mol. The second kappa shape index (κ2) is 4.87. The van der Waals surface area contributed by atoms with E-state index in [1.54, 1.807) is 0 Å². The van der Waals surface area contributed by atoms with Crippen molar-refractivity contribution in [2.45, 2.75) is 13.3 Å². The van der Waals surface area contributed by atoms with Crippen molar-refractivity contribution < 1.29 is 14.4 Å². The van der Waals surface area contributed by atoms with Gasteiger partial charge in [-0.05, 0) is 18.1 Å². The van der Waals surface area contributed by atoms with Gasteiger partial charge in [0.1, 0.15) is 6.54 Å². The van der Waals surface area contributed by atoms with Gasteiger partial charge in [0, 0.05) is 0 Å². The average molecular weight is 247 g/mol. The Morgan fingerprint density at radius 1 is 1.39 bits per heavy atom. The van der Waals surface area contributed by atoms with Gasteiger partial charge in [0.25, 0.3) is 0 Å². The summed E-state index contributed by atoms with van der Waals surface area (Å²) in [4.78, 5) is 33.9. The predicted octanol–water partition coefficient (Wildman–Crippen LogP) is 0.121. The largest absolute Gasteiger partial charge is 0.343 e. The van der Waals surface area contributed by atoms with Crippen LogP contribution in [0.25, 0.3) is 0 Å². The first-order valence-corrected chi connectivity index (χ1v) is 5.51. The van der Waals surface area contributed by atoms with Crippen LogP contribution in [0.5, 0.6) is 0 Å². The molecule has 1 aliphatic heterocycles. The quantitative estimate of drug-likeness (QED) is 0.745. The van der Waals surface area contributed by atoms with Crippen molar-refractivity contribution in [1.82, 2.24) is 15.8 Å². The molecule has 6 nitrogen and oxygen atoms in total. The maximum Gasteiger partial charge on any atom is 0.343 e. The van der Waals surface area contributed by atoms with Crippen molar-refractivity contribution in [3.8, 4) is 0 Å². The summed E-state index contributed by atoms with van der Waals surface area (Å²) in [6.07, 6.45) is 0.171. The zero-order chi connectivity index (χ0) is 13.1. The number of urea groups is 1. The van der Waals surface area contributed by atoms with Crippen LogP contribution < -0.4 is 10.7 Å². The van der Waals surface area contributed by atoms with Crippen LogP contribution in [-0.4, -0.2) is 29.4 Å². The number of aryl methyl sites for hydroxylation is 1. The van der Waals surface area contributed by atoms with Crippen molar-refractivity contribution in [1.29, 1.82) is 0 Å². The minimum Gasteiger partial charge on any atom is -0.275 e. The summed E-state index contributed by atoms with van der Waals surface area (Å²) in [6.45, 7) is 1.77. The lowest BCUT2D eigenvalue weighted by Crippen LogP contribution is -2.44. The summed E-state index contributed by atoms with van der Waals surface area (Å²) in [5, 5.41) is 3.06. The second-order valence-corrected chi connectivity index (χ2v) is 4.08. The minimum atomic E-state index is -0.599. The Morgan fingerprint density at radius 3 is 2.72 bits per heavy atom. The van der Waals surface area contributed by atoms with Gasteiger partial charge < -0.3 is 0 Å². The summed E-state index contributed by atoms with van der Waals surface area (Å²) in [7, 11) is 0. The van der Waals surface area contributed by atoms with Crippen molar-refractivity contribution in [2.75, 3.05) is 6.54 Å². The molecule has 0 unspecified atom stereocenters. The van der Waals surface area contributed by atoms with Gasteiger partial charge in [-0.3, -0.25) is 20.3 Å². The van der Waals surface area contributed by atoms with Gasteiger partial charge in [-0.1, -0.05) is 24.3 Å². The topological polar surface area (TPSA) is 78.5 Å². The number of carbonyl (C=O) groups excluding carboxylic acids is 3. The van der Waals surface area contributed by atoms with Crippen LogP contribution in [0, 0.1) is 6.92 Å². The van der Waals surface area contributed by atoms with E-state index in [4.69, 9.17) is 0 Å². The maximum absolute atomic E-state index is 11.7. The first-order valence-electron chi connectivity index (χ1n) is 5.51. The number of hydrogen-bond acceptors (Lipinski definition) is 3. The van der Waals surface area contributed by atoms with Gasteiger partial charge in [0.2, 0.25) is 11.8 Å². The van der Waals surface area contributed by atoms with E-state index in [-0.39, 0.29) is 18.9 Å². The molecule has 0 bridgehead atoms. The standard InChI is InChI=1S/C12H13N3O3/c1-8-4-2-3-5-9(8)6-10(16)14-15-7-11(17)13-12(15)18/h2-5H,6-7H2,1H3,(H,14,16)(H,13,17,18). The van der Waals surface area contributed by atoms with Crippen LogP contribution in [0.2, 0.25) is 0 Å². The van der Waals surface area contributed by atoms with Crippen LogP contribution in [0.15, 0.2) is 24.3 Å². The van der Waals surface area contributed by atoms with Gasteiger partial charge in [-0.25, -0.2) is 9.80 Å². The number of rotatable bonds is 3. The smallest absolute Gasteiger partial charge is 0.275 e. The van der Waals surface area contributed by atoms with Crippen LogP contribution in [0.4, 0.5) is 4.79 Å². The number of hydrazine groups is 1. The Hall–Kier alpha value is -2.37. The lowest BCUT2D eigenvalue weighted by molar-refractivity contribution is -0.124. The van der Waals surface area contributed by atoms with E-state index >= 15 is 0 Å². The number of amides is 4. The van der Waals surface area contributed by atoms with Gasteiger partial charge in [0.05, 0.1) is 6.42 Å². The van der Waals surface area contributed by atoms with Crippen molar-refractivity contribution in [3.05, 3.63) is 35.4 Å². The van der Waals surface area contributed by atoms with Crippen LogP contribution in [0.3, 0.4) is 0 Å². The van der Waals surface area contributed by atoms with Crippen molar-refractivity contribution in [2.24, 2.45) is 0 Å². The molecular weight excluding hydrogens is 234 g/mol. The van der Waals surface area contributed by atoms with Gasteiger partial charge in [-0.15, -0.1) is 0 Å². The fourth-order valence-electron chi connectivity index (χ4n) is 1.70. The first kappa shape index (κ1) is 12.1. The molecule has 1 fully saturated rings. The Morgan fingerprint density at radius 2 is 2.11 bits per heavy atom. The van der Waals surface area contributed by atoms with Crippen molar-refractivity contribution >= 4 is 17.8 Å². The highest BCUT2D eigenvalue weighted by atomic mass is 16.2. The van der Waals surface area contributed by atoms with Gasteiger partial charge >= 0.3 is 6.03 Å². The Labute approximate surface area is 104 Å². The number of nitrogens with one attached hydrogen (secondary N) is 2. The third-order valence-electron chi connectivity index (χ3n) is 2.67. The van der Waals surface area contributed by atoms with E-state index in [1.807, 2.05) is 31.2 Å². The SMILES string of the molecule is Cc1ccccc1CC(=O)NN1CC(=O)NC1=O. The molecule has 4 amide bonds. The van der Waals surface area contributed by atoms with E-state index in [2.05, 4.69) is 10.7 Å². The summed E-state index contributed by atoms with van der Waals surface area (Å²) in [5.74, 6) is -0.745. The molecule has 0 spiro atoms. The average Bonchev–Trinajstić information content (AvgIpc) is 2.61. The molecule has 1 aromatic carbocycles. The summed E-state index contributed by atoms with van der Waals surface area (Å²) < 4.78 is 0. The lowest BCUT2D eigenvalue weighted by atomic mass is 10.1. The highest BCUT2D eigenvalue weighted by Crippen LogP contribution is 2.07. The molecule has 94 valence electrons. The molecule has 0 aliphatic carbocycles. The van der Waals surface area contributed by atoms with Crippen LogP contribution in [0.1, 0.15) is 11.1 Å². The fraction of sp³-hybridized carbons (Fsp3) is 0.250. The molecule has 1 aromatic rings. The van der Waals surface area contributed by atoms with E-state index in [9.17, 15) is 14.4 Å². The minimum absolute atomic E-state index is 0.141. The fourth-order valence-corrected chi connectivity index (χ4v) is 1.70. The number of carbonyl (C=O) groups is 3. The van der Waals surface area contributed by atoms with E-state index in [0.29, 0.717) is 0 Å². The molecular formula is C12H13N3O3. The third kappa shape index (κ3) is 2.65. The zero-order valence-corrected chi connectivity index (χ0v) is 9.90. The van der Waals surface area contributed by atoms with Crippen LogP contribution >= 0.6 is 0 Å². The Balaban J connectivity index is 1.95. The number of imide groups is 1. The number of nitrogens with zero attached hydrogens (tertiary/aromatic N) is 1. The Bertz CT molecular complexity index is 513. The number of hydrogen-bond donors (Lipinski definition) is 2. The van der Waals surface area contributed by atoms with Crippen molar-refractivity contribution in [3.63, 3.8) is 0 Å². The molecule has 18 heavy (non-hydrogen) atoms. The van der Waals surface area contributed by atoms with E-state index in [1.165, 1.54) is 0 Å². The molecule has 1 saturated heterocycles. The third-order valence-corrected chi connectivity index (χ3v) is 2.67. The van der Waals surface area contributed by atoms with Gasteiger partial charge in [-0.2, -0.15) is 0 Å². The lowest BCUT2D eigenvalue weighted by Gasteiger charge is -2.14. The molecule has 1 aliphatic rings. The first-order chi connectivity index (χ1) is 8.56. The molecule has 2 rings (SSSR count). The molecule has 0 atom stereocenters. The molecule has 0 aromatic heterocycles. The maximum atomic E-state index is 11.7. The highest BCUT2D eigenvalue weighted by molar-refractivity contribution is 6.02. The van der Waals surface area contributed by atoms with Crippen LogP contribution in [-0.2, 0) is 16.0 Å². The molecule has 2 N–H and O–H groups in total. The molecule has 6 heteroatoms. The van der Waals surface area contributed by atoms with E-state index < -0.39 is 11.9 Å². The molecule has 0 radical (unpaired) electrons. The summed E-state index contributed by atoms with van der Waals surface area (Å²) in [6, 6.07) is 6.90. The summed E-state index contributed by atoms with van der Waals surface area (Å²) in [5.41, 5.74) is 4.29. The monoisotopic (exact) mass is 247 g/mol. The molecule has 1 heterocycles. The Kier molecular flexibility index (Phi) is 3.27. The number of benzene rings is 1. The molecule has 0 saturated carbocycles. The summed E-state index contributed by atoms with van der Waals surface area (Å²) >= 11 is 0.